The summed E-state index contributed by atoms with van der Waals surface area (Å²) in [5, 5.41) is 0. The van der Waals surface area contributed by atoms with Gasteiger partial charge in [-0.2, -0.15) is 0 Å². The second-order valence-electron chi connectivity index (χ2n) is 3.57. The molecule has 0 aromatic heterocycles. The van der Waals surface area contributed by atoms with Gasteiger partial charge in [-0.15, -0.1) is 0 Å². The first-order chi connectivity index (χ1) is 7.93. The molecule has 0 aliphatic carbocycles. The summed E-state index contributed by atoms with van der Waals surface area (Å²) >= 11 is 0. The number of hydrogen-bond acceptors (Lipinski definition) is 4. The predicted molar refractivity (Wildman–Crippen MR) is 58.1 cm³/mol. The molecule has 0 aliphatic heterocycles. The summed E-state index contributed by atoms with van der Waals surface area (Å²) < 4.78 is 36.6. The molecule has 0 saturated heterocycles. The lowest BCUT2D eigenvalue weighted by Crippen LogP contribution is -2.10. The normalized spacial score (nSPS) is 11.4. The van der Waals surface area contributed by atoms with Crippen LogP contribution in [-0.2, 0) is 17.4 Å². The van der Waals surface area contributed by atoms with Crippen molar-refractivity contribution in [1.82, 2.24) is 0 Å². The van der Waals surface area contributed by atoms with Crippen LogP contribution in [0.4, 0.5) is 8.78 Å². The van der Waals surface area contributed by atoms with Crippen LogP contribution in [-0.4, -0.2) is 14.2 Å². The molecule has 0 fully saturated rings. The van der Waals surface area contributed by atoms with Crippen LogP contribution in [0.1, 0.15) is 18.1 Å². The Labute approximate surface area is 98.2 Å². The number of benzene rings is 1. The van der Waals surface area contributed by atoms with E-state index in [0.29, 0.717) is 11.3 Å². The molecule has 0 unspecified atom stereocenters. The van der Waals surface area contributed by atoms with Crippen LogP contribution in [0.2, 0.25) is 0 Å². The van der Waals surface area contributed by atoms with Crippen LogP contribution in [0.25, 0.3) is 0 Å². The Hall–Kier alpha value is -1.40. The molecule has 0 heterocycles. The molecule has 1 aromatic rings. The van der Waals surface area contributed by atoms with Crippen LogP contribution in [0.5, 0.6) is 11.5 Å². The van der Waals surface area contributed by atoms with Gasteiger partial charge in [0.05, 0.1) is 20.8 Å². The first-order valence-electron chi connectivity index (χ1n) is 4.89. The number of rotatable bonds is 5. The van der Waals surface area contributed by atoms with Crippen LogP contribution >= 0.6 is 0 Å². The van der Waals surface area contributed by atoms with Gasteiger partial charge in [-0.3, -0.25) is 4.84 Å². The Balaban J connectivity index is 3.34. The van der Waals surface area contributed by atoms with Gasteiger partial charge in [0.1, 0.15) is 0 Å². The minimum Gasteiger partial charge on any atom is -0.493 e. The molecule has 0 amide bonds. The van der Waals surface area contributed by atoms with E-state index in [4.69, 9.17) is 15.4 Å². The third kappa shape index (κ3) is 3.04. The van der Waals surface area contributed by atoms with Crippen molar-refractivity contribution in [1.29, 1.82) is 0 Å². The van der Waals surface area contributed by atoms with Crippen molar-refractivity contribution in [2.24, 2.45) is 5.90 Å². The van der Waals surface area contributed by atoms with Crippen LogP contribution in [0.3, 0.4) is 0 Å². The summed E-state index contributed by atoms with van der Waals surface area (Å²) in [5.74, 6) is 2.54. The van der Waals surface area contributed by atoms with Crippen molar-refractivity contribution in [3.8, 4) is 11.5 Å². The Morgan fingerprint density at radius 3 is 2.29 bits per heavy atom. The van der Waals surface area contributed by atoms with E-state index in [9.17, 15) is 8.78 Å². The Morgan fingerprint density at radius 2 is 1.88 bits per heavy atom. The van der Waals surface area contributed by atoms with Gasteiger partial charge in [-0.05, 0) is 12.1 Å². The topological polar surface area (TPSA) is 53.7 Å². The molecule has 0 saturated carbocycles. The van der Waals surface area contributed by atoms with E-state index in [1.807, 2.05) is 0 Å². The monoisotopic (exact) mass is 247 g/mol. The Morgan fingerprint density at radius 1 is 1.24 bits per heavy atom. The molecule has 4 nitrogen and oxygen atoms in total. The van der Waals surface area contributed by atoms with Gasteiger partial charge in [-0.25, -0.2) is 14.7 Å². The summed E-state index contributed by atoms with van der Waals surface area (Å²) in [7, 11) is 2.80. The van der Waals surface area contributed by atoms with Gasteiger partial charge in [0.2, 0.25) is 0 Å². The number of hydrogen-bond donors (Lipinski definition) is 1. The molecule has 0 spiro atoms. The average Bonchev–Trinajstić information content (AvgIpc) is 2.27. The van der Waals surface area contributed by atoms with E-state index in [0.717, 1.165) is 6.92 Å². The van der Waals surface area contributed by atoms with E-state index >= 15 is 0 Å². The zero-order valence-electron chi connectivity index (χ0n) is 9.92. The maximum atomic E-state index is 13.3. The fraction of sp³-hybridized carbons (Fsp3) is 0.455. The highest BCUT2D eigenvalue weighted by Gasteiger charge is 2.27. The fourth-order valence-electron chi connectivity index (χ4n) is 1.49. The van der Waals surface area contributed by atoms with E-state index in [2.05, 4.69) is 4.84 Å². The number of nitrogens with two attached hydrogens (primary N) is 1. The molecule has 17 heavy (non-hydrogen) atoms. The fourth-order valence-corrected chi connectivity index (χ4v) is 1.49. The van der Waals surface area contributed by atoms with Gasteiger partial charge in [0, 0.05) is 18.1 Å². The first-order valence-corrected chi connectivity index (χ1v) is 4.89. The van der Waals surface area contributed by atoms with Gasteiger partial charge in [0.25, 0.3) is 5.92 Å². The van der Waals surface area contributed by atoms with Gasteiger partial charge < -0.3 is 9.47 Å². The lowest BCUT2D eigenvalue weighted by atomic mass is 10.0. The maximum Gasteiger partial charge on any atom is 0.270 e. The lowest BCUT2D eigenvalue weighted by molar-refractivity contribution is 0.0169. The summed E-state index contributed by atoms with van der Waals surface area (Å²) in [6.07, 6.45) is 0. The summed E-state index contributed by atoms with van der Waals surface area (Å²) in [6, 6.07) is 2.52. The molecule has 1 aromatic carbocycles. The third-order valence-corrected chi connectivity index (χ3v) is 2.30. The predicted octanol–water partition coefficient (Wildman–Crippen LogP) is 2.21. The minimum absolute atomic E-state index is 0.0382. The summed E-state index contributed by atoms with van der Waals surface area (Å²) in [6.45, 7) is 0.769. The van der Waals surface area contributed by atoms with Crippen molar-refractivity contribution in [3.05, 3.63) is 23.3 Å². The van der Waals surface area contributed by atoms with E-state index in [-0.39, 0.29) is 17.9 Å². The van der Waals surface area contributed by atoms with Crippen LogP contribution in [0, 0.1) is 0 Å². The molecular formula is C11H15F2NO3. The summed E-state index contributed by atoms with van der Waals surface area (Å²) in [4.78, 5) is 4.46. The Kier molecular flexibility index (Phi) is 4.25. The SMILES string of the molecule is COc1cc(C(C)(F)F)cc(CON)c1OC. The van der Waals surface area contributed by atoms with E-state index < -0.39 is 5.92 Å². The highest BCUT2D eigenvalue weighted by Crippen LogP contribution is 2.38. The van der Waals surface area contributed by atoms with Crippen LogP contribution < -0.4 is 15.4 Å². The van der Waals surface area contributed by atoms with E-state index in [1.54, 1.807) is 0 Å². The second kappa shape index (κ2) is 5.29. The second-order valence-corrected chi connectivity index (χ2v) is 3.57. The van der Waals surface area contributed by atoms with Crippen molar-refractivity contribution in [2.75, 3.05) is 14.2 Å². The standard InChI is InChI=1S/C11H15F2NO3/c1-11(12,13)8-4-7(6-17-14)10(16-3)9(5-8)15-2/h4-5H,6,14H2,1-3H3. The molecule has 0 atom stereocenters. The van der Waals surface area contributed by atoms with Crippen molar-refractivity contribution in [2.45, 2.75) is 19.5 Å². The van der Waals surface area contributed by atoms with Gasteiger partial charge in [-0.1, -0.05) is 0 Å². The first kappa shape index (κ1) is 13.7. The quantitative estimate of drug-likeness (QED) is 0.810. The smallest absolute Gasteiger partial charge is 0.270 e. The molecule has 96 valence electrons. The molecular weight excluding hydrogens is 232 g/mol. The Bertz CT molecular complexity index is 391. The van der Waals surface area contributed by atoms with E-state index in [1.165, 1.54) is 26.4 Å². The zero-order valence-corrected chi connectivity index (χ0v) is 9.92. The molecule has 0 aliphatic rings. The number of ether oxygens (including phenoxy) is 2. The zero-order chi connectivity index (χ0) is 13.1. The van der Waals surface area contributed by atoms with Crippen LogP contribution in [0.15, 0.2) is 12.1 Å². The number of alkyl halides is 2. The maximum absolute atomic E-state index is 13.3. The third-order valence-electron chi connectivity index (χ3n) is 2.30. The van der Waals surface area contributed by atoms with Gasteiger partial charge in [0.15, 0.2) is 11.5 Å². The molecule has 6 heteroatoms. The molecule has 0 bridgehead atoms. The number of methoxy groups -OCH3 is 2. The highest BCUT2D eigenvalue weighted by atomic mass is 19.3. The van der Waals surface area contributed by atoms with Crippen molar-refractivity contribution >= 4 is 0 Å². The molecule has 2 N–H and O–H groups in total. The molecule has 0 radical (unpaired) electrons. The van der Waals surface area contributed by atoms with Gasteiger partial charge >= 0.3 is 0 Å². The van der Waals surface area contributed by atoms with Crippen molar-refractivity contribution < 1.29 is 23.1 Å². The van der Waals surface area contributed by atoms with Crippen molar-refractivity contribution in [3.63, 3.8) is 0 Å². The number of halogens is 2. The highest BCUT2D eigenvalue weighted by molar-refractivity contribution is 5.50. The lowest BCUT2D eigenvalue weighted by Gasteiger charge is -2.17. The largest absolute Gasteiger partial charge is 0.493 e. The average molecular weight is 247 g/mol. The minimum atomic E-state index is -2.97. The summed E-state index contributed by atoms with van der Waals surface area (Å²) in [5.41, 5.74) is 0.230. The molecule has 1 rings (SSSR count).